The first kappa shape index (κ1) is 60.1. The number of rotatable bonds is 44. The first-order chi connectivity index (χ1) is 30.9. The third-order valence-corrected chi connectivity index (χ3v) is 10.4. The van der Waals surface area contributed by atoms with Gasteiger partial charge in [0.1, 0.15) is 26.4 Å². The van der Waals surface area contributed by atoms with Crippen LogP contribution in [0.5, 0.6) is 0 Å². The highest BCUT2D eigenvalue weighted by Gasteiger charge is 2.22. The summed E-state index contributed by atoms with van der Waals surface area (Å²) in [6.45, 7) is 7.16. The van der Waals surface area contributed by atoms with Gasteiger partial charge in [0.2, 0.25) is 0 Å². The molecule has 0 saturated heterocycles. The van der Waals surface area contributed by atoms with Gasteiger partial charge in [-0.05, 0) is 59.2 Å². The summed E-state index contributed by atoms with van der Waals surface area (Å²) in [5.74, 6) is -2.45. The van der Waals surface area contributed by atoms with Crippen LogP contribution in [0.3, 0.4) is 0 Å². The molecule has 1 N–H and O–H groups in total. The molecule has 0 aliphatic heterocycles. The van der Waals surface area contributed by atoms with E-state index >= 15 is 0 Å². The Morgan fingerprint density at radius 2 is 0.812 bits per heavy atom. The average molecular weight is 914 g/mol. The Labute approximate surface area is 385 Å². The Morgan fingerprint density at radius 1 is 0.453 bits per heavy atom. The summed E-state index contributed by atoms with van der Waals surface area (Å²) < 4.78 is 32.1. The number of nitrogens with one attached hydrogen (secondary N) is 1. The van der Waals surface area contributed by atoms with E-state index in [1.54, 1.807) is 0 Å². The number of ether oxygens (including phenoxy) is 6. The number of urea groups is 1. The molecular formula is C48H87N3O13. The van der Waals surface area contributed by atoms with Crippen molar-refractivity contribution < 1.29 is 62.0 Å². The van der Waals surface area contributed by atoms with Gasteiger partial charge in [-0.1, -0.05) is 117 Å². The van der Waals surface area contributed by atoms with Gasteiger partial charge in [-0.3, -0.25) is 28.8 Å². The largest absolute Gasteiger partial charge is 0.464 e. The summed E-state index contributed by atoms with van der Waals surface area (Å²) in [7, 11) is 3.88. The zero-order valence-electron chi connectivity index (χ0n) is 40.5. The second-order valence-corrected chi connectivity index (χ2v) is 16.8. The lowest BCUT2D eigenvalue weighted by Crippen LogP contribution is -2.42. The molecule has 372 valence electrons. The molecule has 0 heterocycles. The summed E-state index contributed by atoms with van der Waals surface area (Å²) in [6, 6.07) is -0.359. The number of hydrogen-bond donors (Lipinski definition) is 1. The molecule has 0 aromatic rings. The third kappa shape index (κ3) is 38.5. The normalized spacial score (nSPS) is 11.5. The minimum absolute atomic E-state index is 0.0731. The summed E-state index contributed by atoms with van der Waals surface area (Å²) in [6.07, 6.45) is 18.1. The van der Waals surface area contributed by atoms with Crippen molar-refractivity contribution in [2.45, 2.75) is 200 Å². The molecule has 16 nitrogen and oxygen atoms in total. The van der Waals surface area contributed by atoms with E-state index in [0.717, 1.165) is 103 Å². The van der Waals surface area contributed by atoms with Crippen LogP contribution in [0.2, 0.25) is 0 Å². The lowest BCUT2D eigenvalue weighted by atomic mass is 10.1. The van der Waals surface area contributed by atoms with Crippen LogP contribution in [0.25, 0.3) is 0 Å². The van der Waals surface area contributed by atoms with Gasteiger partial charge in [-0.15, -0.1) is 0 Å². The molecule has 1 atom stereocenters. The van der Waals surface area contributed by atoms with Crippen molar-refractivity contribution in [2.75, 3.05) is 66.7 Å². The van der Waals surface area contributed by atoms with Crippen molar-refractivity contribution in [1.82, 2.24) is 15.1 Å². The number of carbonyl (C=O) groups is 7. The minimum atomic E-state index is -0.985. The quantitative estimate of drug-likeness (QED) is 0.0265. The van der Waals surface area contributed by atoms with Gasteiger partial charge in [0, 0.05) is 51.7 Å². The van der Waals surface area contributed by atoms with Crippen LogP contribution in [0, 0.1) is 0 Å². The highest BCUT2D eigenvalue weighted by molar-refractivity contribution is 5.75. The monoisotopic (exact) mass is 914 g/mol. The fraction of sp³-hybridized carbons (Fsp3) is 0.854. The zero-order chi connectivity index (χ0) is 47.5. The van der Waals surface area contributed by atoms with E-state index in [-0.39, 0.29) is 97.0 Å². The second kappa shape index (κ2) is 43.0. The SMILES string of the molecule is CCCCCCCCC(=O)OCC(COC=O)OC(=O)CCCN(CCCC(=O)OC(COC(=O)CCCCCCCC)COC(=O)CCCCCCCC)C(=O)NCCCN(C)C. The fourth-order valence-corrected chi connectivity index (χ4v) is 6.64. The number of nitrogens with zero attached hydrogens (tertiary/aromatic N) is 2. The van der Waals surface area contributed by atoms with Crippen molar-refractivity contribution in [1.29, 1.82) is 0 Å². The topological polar surface area (TPSA) is 193 Å². The molecule has 2 amide bonds. The Bertz CT molecular complexity index is 1200. The van der Waals surface area contributed by atoms with E-state index in [9.17, 15) is 33.6 Å². The van der Waals surface area contributed by atoms with Crippen LogP contribution in [0.4, 0.5) is 4.79 Å². The predicted molar refractivity (Wildman–Crippen MR) is 245 cm³/mol. The van der Waals surface area contributed by atoms with Gasteiger partial charge in [0.05, 0.1) is 0 Å². The van der Waals surface area contributed by atoms with Crippen molar-refractivity contribution >= 4 is 42.3 Å². The van der Waals surface area contributed by atoms with E-state index in [1.807, 2.05) is 19.0 Å². The lowest BCUT2D eigenvalue weighted by Gasteiger charge is -2.24. The van der Waals surface area contributed by atoms with E-state index < -0.39 is 42.1 Å². The standard InChI is InChI=1S/C48H87N3O13/c1-6-9-12-15-18-21-27-43(53)60-37-41(36-59-40-52)63-46(56)30-24-34-51(48(58)49-32-26-33-50(4)5)35-25-31-47(57)64-42(38-61-44(54)28-22-19-16-13-10-7-2)39-62-45(55)29-23-20-17-14-11-8-3/h40-42H,6-39H2,1-5H3,(H,49,58). The summed E-state index contributed by atoms with van der Waals surface area (Å²) in [5, 5.41) is 2.90. The maximum absolute atomic E-state index is 13.3. The lowest BCUT2D eigenvalue weighted by molar-refractivity contribution is -0.167. The van der Waals surface area contributed by atoms with Crippen molar-refractivity contribution in [3.8, 4) is 0 Å². The maximum atomic E-state index is 13.3. The van der Waals surface area contributed by atoms with Gasteiger partial charge in [-0.2, -0.15) is 0 Å². The number of amides is 2. The van der Waals surface area contributed by atoms with E-state index in [4.69, 9.17) is 28.4 Å². The fourth-order valence-electron chi connectivity index (χ4n) is 6.64. The molecule has 64 heavy (non-hydrogen) atoms. The van der Waals surface area contributed by atoms with Crippen LogP contribution in [0.15, 0.2) is 0 Å². The predicted octanol–water partition coefficient (Wildman–Crippen LogP) is 8.39. The van der Waals surface area contributed by atoms with Gasteiger partial charge < -0.3 is 43.5 Å². The third-order valence-electron chi connectivity index (χ3n) is 10.4. The van der Waals surface area contributed by atoms with Crippen LogP contribution in [-0.2, 0) is 57.2 Å². The molecule has 0 aliphatic rings. The van der Waals surface area contributed by atoms with Crippen LogP contribution < -0.4 is 5.32 Å². The van der Waals surface area contributed by atoms with E-state index in [2.05, 4.69) is 26.1 Å². The second-order valence-electron chi connectivity index (χ2n) is 16.8. The minimum Gasteiger partial charge on any atom is -0.464 e. The van der Waals surface area contributed by atoms with Crippen molar-refractivity contribution in [2.24, 2.45) is 0 Å². The Morgan fingerprint density at radius 3 is 1.19 bits per heavy atom. The highest BCUT2D eigenvalue weighted by atomic mass is 16.6. The molecule has 0 rings (SSSR count). The van der Waals surface area contributed by atoms with E-state index in [1.165, 1.54) is 4.90 Å². The zero-order valence-corrected chi connectivity index (χ0v) is 40.5. The van der Waals surface area contributed by atoms with Gasteiger partial charge in [-0.25, -0.2) is 4.79 Å². The van der Waals surface area contributed by atoms with E-state index in [0.29, 0.717) is 32.2 Å². The molecule has 0 bridgehead atoms. The summed E-state index contributed by atoms with van der Waals surface area (Å²) in [5.41, 5.74) is 0. The molecule has 16 heteroatoms. The molecule has 0 aliphatic carbocycles. The van der Waals surface area contributed by atoms with Crippen LogP contribution in [-0.4, -0.2) is 131 Å². The Hall–Kier alpha value is -3.95. The number of unbranched alkanes of at least 4 members (excludes halogenated alkanes) is 15. The molecule has 0 saturated carbocycles. The molecule has 0 fully saturated rings. The molecule has 0 spiro atoms. The number of esters is 5. The number of carbonyl (C=O) groups excluding carboxylic acids is 7. The van der Waals surface area contributed by atoms with Gasteiger partial charge >= 0.3 is 35.9 Å². The van der Waals surface area contributed by atoms with Crippen molar-refractivity contribution in [3.63, 3.8) is 0 Å². The Kier molecular flexibility index (Phi) is 40.3. The summed E-state index contributed by atoms with van der Waals surface area (Å²) in [4.78, 5) is 90.8. The molecule has 0 aromatic carbocycles. The van der Waals surface area contributed by atoms with Gasteiger partial charge in [0.25, 0.3) is 6.47 Å². The Balaban J connectivity index is 5.31. The first-order valence-corrected chi connectivity index (χ1v) is 24.5. The first-order valence-electron chi connectivity index (χ1n) is 24.5. The number of hydrogen-bond acceptors (Lipinski definition) is 14. The van der Waals surface area contributed by atoms with Crippen LogP contribution >= 0.6 is 0 Å². The average Bonchev–Trinajstić information content (AvgIpc) is 3.27. The smallest absolute Gasteiger partial charge is 0.317 e. The van der Waals surface area contributed by atoms with Gasteiger partial charge in [0.15, 0.2) is 12.2 Å². The maximum Gasteiger partial charge on any atom is 0.317 e. The van der Waals surface area contributed by atoms with Crippen molar-refractivity contribution in [3.05, 3.63) is 0 Å². The highest BCUT2D eigenvalue weighted by Crippen LogP contribution is 2.12. The summed E-state index contributed by atoms with van der Waals surface area (Å²) >= 11 is 0. The van der Waals surface area contributed by atoms with Crippen LogP contribution in [0.1, 0.15) is 188 Å². The molecule has 1 unspecified atom stereocenters. The molecule has 0 radical (unpaired) electrons. The molecule has 0 aromatic heterocycles. The molecular weight excluding hydrogens is 827 g/mol.